The molecule has 2 N–H and O–H groups in total. The standard InChI is InChI=1S/C25H27N3O4S/c1-4-15-28(33(31,32)24-13-11-23(12-14-24)27-19(3)29)17-25(30)26-18(2)21-10-9-20-7-5-6-8-22(20)16-21/h4-14,16,18H,1,15,17H2,2-3H3,(H,26,30)(H,27,29). The predicted molar refractivity (Wildman–Crippen MR) is 130 cm³/mol. The summed E-state index contributed by atoms with van der Waals surface area (Å²) in [6.07, 6.45) is 1.43. The van der Waals surface area contributed by atoms with Crippen LogP contribution in [0.15, 0.2) is 84.3 Å². The molecular formula is C25H27N3O4S. The van der Waals surface area contributed by atoms with E-state index in [1.165, 1.54) is 37.3 Å². The number of sulfonamides is 1. The van der Waals surface area contributed by atoms with E-state index in [1.54, 1.807) is 0 Å². The van der Waals surface area contributed by atoms with E-state index >= 15 is 0 Å². The number of nitrogens with zero attached hydrogens (tertiary/aromatic N) is 1. The lowest BCUT2D eigenvalue weighted by atomic mass is 10.0. The highest BCUT2D eigenvalue weighted by molar-refractivity contribution is 7.89. The van der Waals surface area contributed by atoms with Gasteiger partial charge in [0, 0.05) is 19.2 Å². The number of hydrogen-bond acceptors (Lipinski definition) is 4. The van der Waals surface area contributed by atoms with Gasteiger partial charge in [-0.25, -0.2) is 8.42 Å². The summed E-state index contributed by atoms with van der Waals surface area (Å²) >= 11 is 0. The van der Waals surface area contributed by atoms with Crippen LogP contribution >= 0.6 is 0 Å². The van der Waals surface area contributed by atoms with E-state index in [9.17, 15) is 18.0 Å². The van der Waals surface area contributed by atoms with Crippen LogP contribution in [0.3, 0.4) is 0 Å². The van der Waals surface area contributed by atoms with Gasteiger partial charge in [0.15, 0.2) is 0 Å². The van der Waals surface area contributed by atoms with Gasteiger partial charge in [0.05, 0.1) is 17.5 Å². The maximum atomic E-state index is 13.1. The summed E-state index contributed by atoms with van der Waals surface area (Å²) < 4.78 is 27.3. The van der Waals surface area contributed by atoms with Gasteiger partial charge in [-0.2, -0.15) is 4.31 Å². The molecule has 172 valence electrons. The van der Waals surface area contributed by atoms with Crippen molar-refractivity contribution in [2.45, 2.75) is 24.8 Å². The van der Waals surface area contributed by atoms with E-state index < -0.39 is 15.9 Å². The summed E-state index contributed by atoms with van der Waals surface area (Å²) in [5.41, 5.74) is 1.41. The minimum atomic E-state index is -3.94. The van der Waals surface area contributed by atoms with E-state index in [4.69, 9.17) is 0 Å². The van der Waals surface area contributed by atoms with E-state index in [0.29, 0.717) is 5.69 Å². The highest BCUT2D eigenvalue weighted by Gasteiger charge is 2.26. The molecule has 0 saturated carbocycles. The van der Waals surface area contributed by atoms with Gasteiger partial charge < -0.3 is 10.6 Å². The maximum Gasteiger partial charge on any atom is 0.243 e. The highest BCUT2D eigenvalue weighted by Crippen LogP contribution is 2.21. The minimum absolute atomic E-state index is 0.0203. The summed E-state index contributed by atoms with van der Waals surface area (Å²) in [6.45, 7) is 6.47. The van der Waals surface area contributed by atoms with Gasteiger partial charge in [-0.15, -0.1) is 6.58 Å². The number of hydrogen-bond donors (Lipinski definition) is 2. The third-order valence-electron chi connectivity index (χ3n) is 5.12. The van der Waals surface area contributed by atoms with Crippen molar-refractivity contribution in [2.75, 3.05) is 18.4 Å². The third-order valence-corrected chi connectivity index (χ3v) is 6.94. The van der Waals surface area contributed by atoms with Crippen LogP contribution < -0.4 is 10.6 Å². The summed E-state index contributed by atoms with van der Waals surface area (Å²) in [6, 6.07) is 19.4. The molecule has 7 nitrogen and oxygen atoms in total. The van der Waals surface area contributed by atoms with Crippen LogP contribution in [0.4, 0.5) is 5.69 Å². The zero-order chi connectivity index (χ0) is 24.0. The van der Waals surface area contributed by atoms with E-state index in [0.717, 1.165) is 20.6 Å². The maximum absolute atomic E-state index is 13.1. The first-order valence-corrected chi connectivity index (χ1v) is 11.9. The molecular weight excluding hydrogens is 438 g/mol. The van der Waals surface area contributed by atoms with Crippen LogP contribution in [-0.2, 0) is 19.6 Å². The third kappa shape index (κ3) is 6.06. The van der Waals surface area contributed by atoms with E-state index in [1.807, 2.05) is 49.4 Å². The van der Waals surface area contributed by atoms with Gasteiger partial charge in [-0.05, 0) is 53.6 Å². The average Bonchev–Trinajstić information content (AvgIpc) is 2.78. The normalized spacial score (nSPS) is 12.3. The second kappa shape index (κ2) is 10.4. The molecule has 0 heterocycles. The lowest BCUT2D eigenvalue weighted by molar-refractivity contribution is -0.122. The Hall–Kier alpha value is -3.49. The molecule has 0 radical (unpaired) electrons. The van der Waals surface area contributed by atoms with Gasteiger partial charge in [-0.1, -0.05) is 42.5 Å². The number of rotatable bonds is 9. The molecule has 0 aromatic heterocycles. The zero-order valence-corrected chi connectivity index (χ0v) is 19.4. The number of fused-ring (bicyclic) bond motifs is 1. The Morgan fingerprint density at radius 3 is 2.33 bits per heavy atom. The van der Waals surface area contributed by atoms with Crippen molar-refractivity contribution in [3.05, 3.63) is 84.9 Å². The molecule has 33 heavy (non-hydrogen) atoms. The molecule has 3 aromatic carbocycles. The van der Waals surface area contributed by atoms with Crippen LogP contribution in [0.25, 0.3) is 10.8 Å². The first kappa shape index (κ1) is 24.2. The topological polar surface area (TPSA) is 95.6 Å². The largest absolute Gasteiger partial charge is 0.348 e. The van der Waals surface area contributed by atoms with Crippen LogP contribution in [-0.4, -0.2) is 37.6 Å². The summed E-state index contributed by atoms with van der Waals surface area (Å²) in [5, 5.41) is 7.64. The van der Waals surface area contributed by atoms with Crippen molar-refractivity contribution in [3.8, 4) is 0 Å². The molecule has 0 spiro atoms. The number of anilines is 1. The Morgan fingerprint density at radius 2 is 1.70 bits per heavy atom. The lowest BCUT2D eigenvalue weighted by Crippen LogP contribution is -2.41. The summed E-state index contributed by atoms with van der Waals surface area (Å²) in [5.74, 6) is -0.674. The Balaban J connectivity index is 1.72. The monoisotopic (exact) mass is 465 g/mol. The summed E-state index contributed by atoms with van der Waals surface area (Å²) in [7, 11) is -3.94. The van der Waals surface area contributed by atoms with Gasteiger partial charge in [0.2, 0.25) is 21.8 Å². The molecule has 8 heteroatoms. The fourth-order valence-corrected chi connectivity index (χ4v) is 4.83. The highest BCUT2D eigenvalue weighted by atomic mass is 32.2. The molecule has 0 bridgehead atoms. The second-order valence-corrected chi connectivity index (χ2v) is 9.63. The molecule has 0 saturated heterocycles. The van der Waals surface area contributed by atoms with Gasteiger partial charge in [0.1, 0.15) is 0 Å². The number of carbonyl (C=O) groups excluding carboxylic acids is 2. The molecule has 0 aliphatic heterocycles. The van der Waals surface area contributed by atoms with Crippen LogP contribution in [0.5, 0.6) is 0 Å². The van der Waals surface area contributed by atoms with Crippen molar-refractivity contribution in [1.29, 1.82) is 0 Å². The molecule has 3 aromatic rings. The van der Waals surface area contributed by atoms with Crippen molar-refractivity contribution >= 4 is 38.3 Å². The Morgan fingerprint density at radius 1 is 1.03 bits per heavy atom. The summed E-state index contributed by atoms with van der Waals surface area (Å²) in [4.78, 5) is 23.9. The molecule has 2 amide bonds. The Bertz CT molecular complexity index is 1270. The van der Waals surface area contributed by atoms with E-state index in [2.05, 4.69) is 17.2 Å². The SMILES string of the molecule is C=CCN(CC(=O)NC(C)c1ccc2ccccc2c1)S(=O)(=O)c1ccc(NC(C)=O)cc1. The Kier molecular flexibility index (Phi) is 7.63. The van der Waals surface area contributed by atoms with Crippen molar-refractivity contribution in [3.63, 3.8) is 0 Å². The molecule has 0 fully saturated rings. The van der Waals surface area contributed by atoms with Crippen molar-refractivity contribution in [1.82, 2.24) is 9.62 Å². The van der Waals surface area contributed by atoms with E-state index in [-0.39, 0.29) is 29.9 Å². The smallest absolute Gasteiger partial charge is 0.243 e. The van der Waals surface area contributed by atoms with Crippen LogP contribution in [0.2, 0.25) is 0 Å². The number of benzene rings is 3. The quantitative estimate of drug-likeness (QED) is 0.469. The number of carbonyl (C=O) groups is 2. The molecule has 1 unspecified atom stereocenters. The Labute approximate surface area is 194 Å². The first-order valence-electron chi connectivity index (χ1n) is 10.5. The molecule has 3 rings (SSSR count). The molecule has 0 aliphatic carbocycles. The average molecular weight is 466 g/mol. The van der Waals surface area contributed by atoms with Gasteiger partial charge >= 0.3 is 0 Å². The first-order chi connectivity index (χ1) is 15.7. The fraction of sp³-hybridized carbons (Fsp3) is 0.200. The number of nitrogens with one attached hydrogen (secondary N) is 2. The predicted octanol–water partition coefficient (Wildman–Crippen LogP) is 3.85. The van der Waals surface area contributed by atoms with Crippen molar-refractivity contribution < 1.29 is 18.0 Å². The minimum Gasteiger partial charge on any atom is -0.348 e. The van der Waals surface area contributed by atoms with Gasteiger partial charge in [-0.3, -0.25) is 9.59 Å². The van der Waals surface area contributed by atoms with Crippen molar-refractivity contribution in [2.24, 2.45) is 0 Å². The lowest BCUT2D eigenvalue weighted by Gasteiger charge is -2.22. The molecule has 1 atom stereocenters. The number of amides is 2. The van der Waals surface area contributed by atoms with Crippen LogP contribution in [0.1, 0.15) is 25.5 Å². The second-order valence-electron chi connectivity index (χ2n) is 7.69. The van der Waals surface area contributed by atoms with Gasteiger partial charge in [0.25, 0.3) is 0 Å². The van der Waals surface area contributed by atoms with Crippen LogP contribution in [0, 0.1) is 0 Å². The molecule has 0 aliphatic rings. The zero-order valence-electron chi connectivity index (χ0n) is 18.6. The fourth-order valence-electron chi connectivity index (χ4n) is 3.46.